The van der Waals surface area contributed by atoms with Crippen LogP contribution in [0.1, 0.15) is 30.2 Å². The third-order valence-corrected chi connectivity index (χ3v) is 4.66. The minimum Gasteiger partial charge on any atom is -0.494 e. The van der Waals surface area contributed by atoms with Crippen LogP contribution in [-0.4, -0.2) is 35.9 Å². The summed E-state index contributed by atoms with van der Waals surface area (Å²) >= 11 is 0. The molecule has 2 aromatic carbocycles. The highest BCUT2D eigenvalue weighted by atomic mass is 16.5. The van der Waals surface area contributed by atoms with Crippen molar-refractivity contribution in [2.24, 2.45) is 0 Å². The van der Waals surface area contributed by atoms with Gasteiger partial charge in [-0.15, -0.1) is 0 Å². The number of aliphatic hydroxyl groups is 1. The number of rotatable bonds is 12. The van der Waals surface area contributed by atoms with Crippen LogP contribution < -0.4 is 9.47 Å². The first-order chi connectivity index (χ1) is 14.6. The van der Waals surface area contributed by atoms with Gasteiger partial charge in [-0.05, 0) is 60.9 Å². The van der Waals surface area contributed by atoms with Gasteiger partial charge in [-0.3, -0.25) is 4.90 Å². The molecule has 0 aliphatic rings. The van der Waals surface area contributed by atoms with Gasteiger partial charge in [0.15, 0.2) is 0 Å². The maximum Gasteiger partial charge on any atom is 0.119 e. The van der Waals surface area contributed by atoms with Gasteiger partial charge in [0.05, 0.1) is 19.4 Å². The van der Waals surface area contributed by atoms with Crippen molar-refractivity contribution in [3.8, 4) is 11.5 Å². The van der Waals surface area contributed by atoms with Crippen LogP contribution in [0, 0.1) is 6.92 Å². The van der Waals surface area contributed by atoms with Crippen molar-refractivity contribution in [1.29, 1.82) is 0 Å². The van der Waals surface area contributed by atoms with Crippen molar-refractivity contribution in [2.45, 2.75) is 39.5 Å². The third-order valence-electron chi connectivity index (χ3n) is 4.66. The number of nitrogens with zero attached hydrogens (tertiary/aromatic N) is 1. The van der Waals surface area contributed by atoms with Crippen LogP contribution in [0.25, 0.3) is 0 Å². The Balaban J connectivity index is 1.58. The molecule has 0 aliphatic heterocycles. The third kappa shape index (κ3) is 7.25. The molecule has 0 saturated carbocycles. The summed E-state index contributed by atoms with van der Waals surface area (Å²) in [7, 11) is 0. The van der Waals surface area contributed by atoms with E-state index in [1.165, 1.54) is 0 Å². The van der Waals surface area contributed by atoms with Gasteiger partial charge in [0.2, 0.25) is 0 Å². The van der Waals surface area contributed by atoms with Crippen molar-refractivity contribution in [2.75, 3.05) is 19.8 Å². The van der Waals surface area contributed by atoms with E-state index < -0.39 is 6.10 Å². The molecule has 0 spiro atoms. The predicted octanol–water partition coefficient (Wildman–Crippen LogP) is 4.82. The molecule has 0 amide bonds. The summed E-state index contributed by atoms with van der Waals surface area (Å²) in [4.78, 5) is 2.16. The van der Waals surface area contributed by atoms with Crippen molar-refractivity contribution in [1.82, 2.24) is 4.90 Å². The average molecular weight is 410 g/mol. The highest BCUT2D eigenvalue weighted by Gasteiger charge is 2.15. The second-order valence-electron chi connectivity index (χ2n) is 7.52. The zero-order chi connectivity index (χ0) is 21.2. The topological polar surface area (TPSA) is 55.1 Å². The number of hydrogen-bond acceptors (Lipinski definition) is 5. The second kappa shape index (κ2) is 11.4. The fourth-order valence-electron chi connectivity index (χ4n) is 3.23. The molecule has 0 saturated heterocycles. The quantitative estimate of drug-likeness (QED) is 0.465. The molecule has 5 nitrogen and oxygen atoms in total. The molecule has 1 heterocycles. The first-order valence-corrected chi connectivity index (χ1v) is 10.5. The summed E-state index contributed by atoms with van der Waals surface area (Å²) in [5, 5.41) is 10.6. The Kier molecular flexibility index (Phi) is 8.36. The van der Waals surface area contributed by atoms with Gasteiger partial charge in [-0.1, -0.05) is 31.2 Å². The molecule has 1 aromatic heterocycles. The van der Waals surface area contributed by atoms with E-state index in [4.69, 9.17) is 13.9 Å². The molecule has 5 heteroatoms. The van der Waals surface area contributed by atoms with Crippen LogP contribution in [0.3, 0.4) is 0 Å². The smallest absolute Gasteiger partial charge is 0.119 e. The van der Waals surface area contributed by atoms with E-state index in [0.717, 1.165) is 41.4 Å². The van der Waals surface area contributed by atoms with Crippen LogP contribution in [0.15, 0.2) is 71.3 Å². The maximum atomic E-state index is 10.6. The Morgan fingerprint density at radius 1 is 0.967 bits per heavy atom. The SMILES string of the molecule is CCCOc1ccc(CN(Cc2ccco2)CC(O)COc2cccc(C)c2)cc1. The molecule has 0 fully saturated rings. The maximum absolute atomic E-state index is 10.6. The first kappa shape index (κ1) is 21.9. The lowest BCUT2D eigenvalue weighted by Crippen LogP contribution is -2.35. The van der Waals surface area contributed by atoms with Crippen LogP contribution >= 0.6 is 0 Å². The molecule has 0 radical (unpaired) electrons. The molecule has 160 valence electrons. The van der Waals surface area contributed by atoms with Crippen LogP contribution in [0.2, 0.25) is 0 Å². The largest absolute Gasteiger partial charge is 0.494 e. The zero-order valence-electron chi connectivity index (χ0n) is 17.8. The molecule has 0 bridgehead atoms. The minimum atomic E-state index is -0.618. The number of aryl methyl sites for hydroxylation is 1. The Bertz CT molecular complexity index is 861. The van der Waals surface area contributed by atoms with E-state index in [2.05, 4.69) is 24.0 Å². The van der Waals surface area contributed by atoms with Crippen LogP contribution in [-0.2, 0) is 13.1 Å². The van der Waals surface area contributed by atoms with E-state index in [1.54, 1.807) is 6.26 Å². The fraction of sp³-hybridized carbons (Fsp3) is 0.360. The Labute approximate surface area is 178 Å². The van der Waals surface area contributed by atoms with Crippen LogP contribution in [0.5, 0.6) is 11.5 Å². The van der Waals surface area contributed by atoms with Gasteiger partial charge < -0.3 is 19.0 Å². The van der Waals surface area contributed by atoms with Crippen molar-refractivity contribution in [3.63, 3.8) is 0 Å². The summed E-state index contributed by atoms with van der Waals surface area (Å²) in [6.07, 6.45) is 2.04. The van der Waals surface area contributed by atoms with Gasteiger partial charge >= 0.3 is 0 Å². The molecule has 1 unspecified atom stereocenters. The van der Waals surface area contributed by atoms with Crippen molar-refractivity contribution >= 4 is 0 Å². The highest BCUT2D eigenvalue weighted by Crippen LogP contribution is 2.17. The summed E-state index contributed by atoms with van der Waals surface area (Å²) in [5.74, 6) is 2.52. The van der Waals surface area contributed by atoms with E-state index in [9.17, 15) is 5.11 Å². The van der Waals surface area contributed by atoms with Gasteiger partial charge in [0.25, 0.3) is 0 Å². The summed E-state index contributed by atoms with van der Waals surface area (Å²) in [6, 6.07) is 19.8. The van der Waals surface area contributed by atoms with E-state index >= 15 is 0 Å². The Morgan fingerprint density at radius 2 is 1.80 bits per heavy atom. The van der Waals surface area contributed by atoms with Gasteiger partial charge in [0.1, 0.15) is 30.0 Å². The number of ether oxygens (including phenoxy) is 2. The molecular weight excluding hydrogens is 378 g/mol. The molecule has 3 rings (SSSR count). The lowest BCUT2D eigenvalue weighted by Gasteiger charge is -2.24. The lowest BCUT2D eigenvalue weighted by atomic mass is 10.2. The molecule has 0 aliphatic carbocycles. The molecule has 1 atom stereocenters. The summed E-state index contributed by atoms with van der Waals surface area (Å²) in [6.45, 7) is 6.85. The van der Waals surface area contributed by atoms with Crippen molar-refractivity contribution in [3.05, 3.63) is 83.8 Å². The normalized spacial score (nSPS) is 12.1. The number of aliphatic hydroxyl groups excluding tert-OH is 1. The number of furan rings is 1. The van der Waals surface area contributed by atoms with Crippen LogP contribution in [0.4, 0.5) is 0 Å². The minimum absolute atomic E-state index is 0.238. The summed E-state index contributed by atoms with van der Waals surface area (Å²) in [5.41, 5.74) is 2.28. The highest BCUT2D eigenvalue weighted by molar-refractivity contribution is 5.28. The Hall–Kier alpha value is -2.76. The first-order valence-electron chi connectivity index (χ1n) is 10.5. The number of benzene rings is 2. The molecule has 3 aromatic rings. The fourth-order valence-corrected chi connectivity index (χ4v) is 3.23. The standard InChI is InChI=1S/C25H31NO4/c1-3-13-28-23-11-9-21(10-12-23)16-26(18-25-8-5-14-29-25)17-22(27)19-30-24-7-4-6-20(2)15-24/h4-12,14-15,22,27H,3,13,16-19H2,1-2H3. The lowest BCUT2D eigenvalue weighted by molar-refractivity contribution is 0.0604. The molecule has 30 heavy (non-hydrogen) atoms. The number of hydrogen-bond donors (Lipinski definition) is 1. The molecular formula is C25H31NO4. The average Bonchev–Trinajstić information content (AvgIpc) is 3.25. The summed E-state index contributed by atoms with van der Waals surface area (Å²) < 4.78 is 16.9. The Morgan fingerprint density at radius 3 is 2.50 bits per heavy atom. The van der Waals surface area contributed by atoms with E-state index in [1.807, 2.05) is 55.5 Å². The monoisotopic (exact) mass is 409 g/mol. The van der Waals surface area contributed by atoms with E-state index in [-0.39, 0.29) is 6.61 Å². The van der Waals surface area contributed by atoms with Gasteiger partial charge in [-0.2, -0.15) is 0 Å². The second-order valence-corrected chi connectivity index (χ2v) is 7.52. The van der Waals surface area contributed by atoms with E-state index in [0.29, 0.717) is 19.6 Å². The van der Waals surface area contributed by atoms with Gasteiger partial charge in [-0.25, -0.2) is 0 Å². The molecule has 1 N–H and O–H groups in total. The predicted molar refractivity (Wildman–Crippen MR) is 118 cm³/mol. The van der Waals surface area contributed by atoms with Crippen molar-refractivity contribution < 1.29 is 19.0 Å². The zero-order valence-corrected chi connectivity index (χ0v) is 17.8. The van der Waals surface area contributed by atoms with Gasteiger partial charge in [0, 0.05) is 13.1 Å².